The molecule has 1 fully saturated rings. The molecule has 0 saturated carbocycles. The van der Waals surface area contributed by atoms with E-state index in [1.807, 2.05) is 31.3 Å². The third-order valence-electron chi connectivity index (χ3n) is 5.61. The Morgan fingerprint density at radius 1 is 1.13 bits per heavy atom. The second kappa shape index (κ2) is 10.4. The van der Waals surface area contributed by atoms with Gasteiger partial charge in [0.15, 0.2) is 0 Å². The minimum Gasteiger partial charge on any atom is -0.375 e. The highest BCUT2D eigenvalue weighted by molar-refractivity contribution is 7.89. The van der Waals surface area contributed by atoms with Gasteiger partial charge in [-0.15, -0.1) is 0 Å². The fourth-order valence-electron chi connectivity index (χ4n) is 3.69. The Hall–Kier alpha value is -2.89. The number of sulfonamides is 1. The highest BCUT2D eigenvalue weighted by atomic mass is 32.2. The molecule has 164 valence electrons. The van der Waals surface area contributed by atoms with E-state index in [0.717, 1.165) is 18.7 Å². The van der Waals surface area contributed by atoms with Crippen molar-refractivity contribution in [2.24, 2.45) is 5.92 Å². The van der Waals surface area contributed by atoms with Gasteiger partial charge >= 0.3 is 0 Å². The molecule has 31 heavy (non-hydrogen) atoms. The van der Waals surface area contributed by atoms with Crippen LogP contribution < -0.4 is 10.2 Å². The SMILES string of the molecule is CN(CCCNC(=O)C1CCN(S(=O)(=O)c2ccc(C#N)cc2)CC1)c1ccccc1. The molecule has 0 atom stereocenters. The van der Waals surface area contributed by atoms with Crippen molar-refractivity contribution in [3.05, 3.63) is 60.2 Å². The minimum absolute atomic E-state index is 0.00205. The molecule has 0 bridgehead atoms. The van der Waals surface area contributed by atoms with Crippen LogP contribution >= 0.6 is 0 Å². The van der Waals surface area contributed by atoms with E-state index >= 15 is 0 Å². The van der Waals surface area contributed by atoms with E-state index in [0.29, 0.717) is 38.0 Å². The van der Waals surface area contributed by atoms with Crippen molar-refractivity contribution < 1.29 is 13.2 Å². The van der Waals surface area contributed by atoms with Crippen LogP contribution in [-0.2, 0) is 14.8 Å². The third kappa shape index (κ3) is 5.84. The number of nitrogens with zero attached hydrogens (tertiary/aromatic N) is 3. The van der Waals surface area contributed by atoms with Crippen LogP contribution in [0, 0.1) is 17.2 Å². The molecule has 3 rings (SSSR count). The topological polar surface area (TPSA) is 93.5 Å². The Morgan fingerprint density at radius 3 is 2.39 bits per heavy atom. The van der Waals surface area contributed by atoms with Crippen LogP contribution in [0.4, 0.5) is 5.69 Å². The van der Waals surface area contributed by atoms with Crippen LogP contribution in [0.2, 0.25) is 0 Å². The van der Waals surface area contributed by atoms with E-state index in [1.54, 1.807) is 0 Å². The van der Waals surface area contributed by atoms with Crippen molar-refractivity contribution >= 4 is 21.6 Å². The van der Waals surface area contributed by atoms with Gasteiger partial charge in [0, 0.05) is 44.8 Å². The molecule has 1 aliphatic heterocycles. The zero-order valence-corrected chi connectivity index (χ0v) is 18.5. The molecule has 1 aliphatic rings. The molecular formula is C23H28N4O3S. The van der Waals surface area contributed by atoms with Crippen LogP contribution in [0.15, 0.2) is 59.5 Å². The lowest BCUT2D eigenvalue weighted by atomic mass is 9.97. The molecule has 2 aromatic rings. The molecule has 1 saturated heterocycles. The Bertz CT molecular complexity index is 1010. The number of anilines is 1. The second-order valence-corrected chi connectivity index (χ2v) is 9.65. The number of rotatable bonds is 8. The molecule has 0 aromatic heterocycles. The molecule has 0 unspecified atom stereocenters. The van der Waals surface area contributed by atoms with Gasteiger partial charge < -0.3 is 10.2 Å². The molecule has 7 nitrogen and oxygen atoms in total. The lowest BCUT2D eigenvalue weighted by Crippen LogP contribution is -2.43. The summed E-state index contributed by atoms with van der Waals surface area (Å²) >= 11 is 0. The van der Waals surface area contributed by atoms with E-state index in [9.17, 15) is 13.2 Å². The molecule has 0 aliphatic carbocycles. The lowest BCUT2D eigenvalue weighted by Gasteiger charge is -2.30. The summed E-state index contributed by atoms with van der Waals surface area (Å²) in [5, 5.41) is 11.9. The Kier molecular flexibility index (Phi) is 7.66. The summed E-state index contributed by atoms with van der Waals surface area (Å²) in [5.41, 5.74) is 1.56. The number of hydrogen-bond acceptors (Lipinski definition) is 5. The summed E-state index contributed by atoms with van der Waals surface area (Å²) < 4.78 is 27.0. The summed E-state index contributed by atoms with van der Waals surface area (Å²) in [6.07, 6.45) is 1.85. The number of piperidine rings is 1. The summed E-state index contributed by atoms with van der Waals surface area (Å²) in [4.78, 5) is 14.8. The zero-order chi connectivity index (χ0) is 22.3. The van der Waals surface area contributed by atoms with Crippen LogP contribution in [0.5, 0.6) is 0 Å². The molecule has 8 heteroatoms. The predicted molar refractivity (Wildman–Crippen MR) is 120 cm³/mol. The fourth-order valence-corrected chi connectivity index (χ4v) is 5.16. The summed E-state index contributed by atoms with van der Waals surface area (Å²) in [5.74, 6) is -0.169. The first-order valence-corrected chi connectivity index (χ1v) is 11.9. The highest BCUT2D eigenvalue weighted by Crippen LogP contribution is 2.24. The lowest BCUT2D eigenvalue weighted by molar-refractivity contribution is -0.126. The van der Waals surface area contributed by atoms with Crippen LogP contribution in [0.1, 0.15) is 24.8 Å². The summed E-state index contributed by atoms with van der Waals surface area (Å²) in [6.45, 7) is 2.07. The monoisotopic (exact) mass is 440 g/mol. The molecular weight excluding hydrogens is 412 g/mol. The van der Waals surface area contributed by atoms with E-state index in [4.69, 9.17) is 5.26 Å². The van der Waals surface area contributed by atoms with Crippen molar-refractivity contribution in [3.8, 4) is 6.07 Å². The minimum atomic E-state index is -3.61. The van der Waals surface area contributed by atoms with Crippen molar-refractivity contribution in [2.45, 2.75) is 24.2 Å². The van der Waals surface area contributed by atoms with Gasteiger partial charge in [0.2, 0.25) is 15.9 Å². The number of hydrogen-bond donors (Lipinski definition) is 1. The van der Waals surface area contributed by atoms with Gasteiger partial charge in [0.05, 0.1) is 16.5 Å². The summed E-state index contributed by atoms with van der Waals surface area (Å²) in [6, 6.07) is 18.0. The normalized spacial score (nSPS) is 15.2. The number of benzene rings is 2. The maximum atomic E-state index is 12.8. The van der Waals surface area contributed by atoms with Crippen molar-refractivity contribution in [1.82, 2.24) is 9.62 Å². The van der Waals surface area contributed by atoms with Gasteiger partial charge in [-0.3, -0.25) is 4.79 Å². The standard InChI is InChI=1S/C23H28N4O3S/c1-26(21-6-3-2-4-7-21)15-5-14-25-23(28)20-12-16-27(17-13-20)31(29,30)22-10-8-19(18-24)9-11-22/h2-4,6-11,20H,5,12-17H2,1H3,(H,25,28). The van der Waals surface area contributed by atoms with Gasteiger partial charge in [-0.05, 0) is 55.7 Å². The first-order chi connectivity index (χ1) is 14.9. The van der Waals surface area contributed by atoms with Gasteiger partial charge in [-0.2, -0.15) is 9.57 Å². The molecule has 1 N–H and O–H groups in total. The number of para-hydroxylation sites is 1. The summed E-state index contributed by atoms with van der Waals surface area (Å²) in [7, 11) is -1.58. The number of carbonyl (C=O) groups is 1. The Labute approximate surface area is 184 Å². The number of nitriles is 1. The average Bonchev–Trinajstić information content (AvgIpc) is 2.82. The molecule has 2 aromatic carbocycles. The second-order valence-electron chi connectivity index (χ2n) is 7.72. The highest BCUT2D eigenvalue weighted by Gasteiger charge is 2.31. The fraction of sp³-hybridized carbons (Fsp3) is 0.391. The smallest absolute Gasteiger partial charge is 0.243 e. The van der Waals surface area contributed by atoms with Crippen LogP contribution in [0.25, 0.3) is 0 Å². The first-order valence-electron chi connectivity index (χ1n) is 10.5. The van der Waals surface area contributed by atoms with E-state index < -0.39 is 10.0 Å². The van der Waals surface area contributed by atoms with Crippen molar-refractivity contribution in [1.29, 1.82) is 5.26 Å². The van der Waals surface area contributed by atoms with E-state index in [2.05, 4.69) is 22.3 Å². The van der Waals surface area contributed by atoms with E-state index in [1.165, 1.54) is 28.6 Å². The van der Waals surface area contributed by atoms with Gasteiger partial charge in [0.1, 0.15) is 0 Å². The van der Waals surface area contributed by atoms with Crippen LogP contribution in [0.3, 0.4) is 0 Å². The molecule has 1 heterocycles. The maximum Gasteiger partial charge on any atom is 0.243 e. The predicted octanol–water partition coefficient (Wildman–Crippen LogP) is 2.60. The maximum absolute atomic E-state index is 12.8. The number of amides is 1. The number of carbonyl (C=O) groups excluding carboxylic acids is 1. The zero-order valence-electron chi connectivity index (χ0n) is 17.7. The van der Waals surface area contributed by atoms with Gasteiger partial charge in [-0.1, -0.05) is 18.2 Å². The molecule has 1 amide bonds. The Balaban J connectivity index is 1.42. The first kappa shape index (κ1) is 22.8. The van der Waals surface area contributed by atoms with Gasteiger partial charge in [0.25, 0.3) is 0 Å². The molecule has 0 radical (unpaired) electrons. The largest absolute Gasteiger partial charge is 0.375 e. The van der Waals surface area contributed by atoms with Crippen molar-refractivity contribution in [3.63, 3.8) is 0 Å². The van der Waals surface area contributed by atoms with Crippen LogP contribution in [-0.4, -0.2) is 51.9 Å². The molecule has 0 spiro atoms. The van der Waals surface area contributed by atoms with Crippen molar-refractivity contribution in [2.75, 3.05) is 38.1 Å². The third-order valence-corrected chi connectivity index (χ3v) is 7.53. The quantitative estimate of drug-likeness (QED) is 0.637. The van der Waals surface area contributed by atoms with Gasteiger partial charge in [-0.25, -0.2) is 8.42 Å². The number of nitrogens with one attached hydrogen (secondary N) is 1. The Morgan fingerprint density at radius 2 is 1.77 bits per heavy atom. The average molecular weight is 441 g/mol. The van der Waals surface area contributed by atoms with E-state index in [-0.39, 0.29) is 16.7 Å².